The summed E-state index contributed by atoms with van der Waals surface area (Å²) in [6.07, 6.45) is 4.01. The van der Waals surface area contributed by atoms with Gasteiger partial charge in [-0.1, -0.05) is 98.7 Å². The highest BCUT2D eigenvalue weighted by atomic mass is 28.4. The van der Waals surface area contributed by atoms with Crippen LogP contribution in [0.1, 0.15) is 87.1 Å². The molecule has 1 amide bonds. The SMILES string of the molecule is CC[Si](CC)(CC)O[C@H]([C@H](C)[C@H](CCOCc1ccccc1)OC(=O)C(C)C)[C@@H](C)CCC(=O)[C@H](C)[C@H](O)[C@H](C)/C=C\N(C)C=O. The second-order valence-electron chi connectivity index (χ2n) is 13.4. The molecule has 0 saturated heterocycles. The van der Waals surface area contributed by atoms with Gasteiger partial charge in [-0.2, -0.15) is 0 Å². The van der Waals surface area contributed by atoms with Crippen LogP contribution in [-0.2, 0) is 34.9 Å². The van der Waals surface area contributed by atoms with Gasteiger partial charge in [0.2, 0.25) is 6.41 Å². The van der Waals surface area contributed by atoms with Crippen LogP contribution in [0, 0.1) is 29.6 Å². The van der Waals surface area contributed by atoms with Crippen molar-refractivity contribution in [1.29, 1.82) is 0 Å². The fourth-order valence-corrected chi connectivity index (χ4v) is 8.77. The molecule has 9 heteroatoms. The highest BCUT2D eigenvalue weighted by Gasteiger charge is 2.40. The van der Waals surface area contributed by atoms with Crippen molar-refractivity contribution in [2.24, 2.45) is 29.6 Å². The zero-order valence-electron chi connectivity index (χ0n) is 30.2. The number of Topliss-reactive ketones (excluding diaryl/α,β-unsaturated/α-hetero) is 1. The molecule has 0 radical (unpaired) electrons. The minimum Gasteiger partial charge on any atom is -0.462 e. The van der Waals surface area contributed by atoms with Gasteiger partial charge in [-0.15, -0.1) is 0 Å². The first-order valence-corrected chi connectivity index (χ1v) is 19.8. The summed E-state index contributed by atoms with van der Waals surface area (Å²) in [5.41, 5.74) is 1.09. The van der Waals surface area contributed by atoms with Crippen molar-refractivity contribution in [3.63, 3.8) is 0 Å². The molecule has 0 fully saturated rings. The maximum Gasteiger partial charge on any atom is 0.308 e. The molecule has 0 aliphatic rings. The normalized spacial score (nSPS) is 16.8. The van der Waals surface area contributed by atoms with Gasteiger partial charge < -0.3 is 23.9 Å². The van der Waals surface area contributed by atoms with Crippen molar-refractivity contribution in [3.05, 3.63) is 48.2 Å². The summed E-state index contributed by atoms with van der Waals surface area (Å²) in [5.74, 6) is -1.44. The van der Waals surface area contributed by atoms with Crippen molar-refractivity contribution in [2.75, 3.05) is 13.7 Å². The van der Waals surface area contributed by atoms with Crippen LogP contribution < -0.4 is 0 Å². The third-order valence-electron chi connectivity index (χ3n) is 9.58. The Morgan fingerprint density at radius 3 is 2.11 bits per heavy atom. The Bertz CT molecular complexity index is 1040. The minimum absolute atomic E-state index is 0.00294. The van der Waals surface area contributed by atoms with Crippen LogP contribution in [0.3, 0.4) is 0 Å². The molecule has 0 aliphatic carbocycles. The summed E-state index contributed by atoms with van der Waals surface area (Å²) in [6, 6.07) is 13.0. The van der Waals surface area contributed by atoms with Crippen LogP contribution in [0.2, 0.25) is 18.1 Å². The van der Waals surface area contributed by atoms with E-state index in [0.717, 1.165) is 23.7 Å². The van der Waals surface area contributed by atoms with E-state index in [1.54, 1.807) is 26.2 Å². The first-order chi connectivity index (χ1) is 21.7. The number of esters is 1. The predicted octanol–water partition coefficient (Wildman–Crippen LogP) is 7.41. The second-order valence-corrected chi connectivity index (χ2v) is 18.1. The van der Waals surface area contributed by atoms with E-state index in [1.165, 1.54) is 4.90 Å². The van der Waals surface area contributed by atoms with Crippen LogP contribution in [-0.4, -0.2) is 68.5 Å². The monoisotopic (exact) mass is 661 g/mol. The molecule has 7 atom stereocenters. The Labute approximate surface area is 280 Å². The molecule has 0 aliphatic heterocycles. The predicted molar refractivity (Wildman–Crippen MR) is 187 cm³/mol. The number of amides is 1. The van der Waals surface area contributed by atoms with Gasteiger partial charge in [-0.25, -0.2) is 0 Å². The van der Waals surface area contributed by atoms with Gasteiger partial charge in [0.25, 0.3) is 0 Å². The van der Waals surface area contributed by atoms with Crippen LogP contribution >= 0.6 is 0 Å². The zero-order valence-corrected chi connectivity index (χ0v) is 31.2. The number of ketones is 1. The molecule has 46 heavy (non-hydrogen) atoms. The molecular weight excluding hydrogens is 598 g/mol. The van der Waals surface area contributed by atoms with Crippen molar-refractivity contribution < 1.29 is 33.4 Å². The van der Waals surface area contributed by atoms with Crippen molar-refractivity contribution in [1.82, 2.24) is 4.90 Å². The van der Waals surface area contributed by atoms with E-state index in [0.29, 0.717) is 38.9 Å². The smallest absolute Gasteiger partial charge is 0.308 e. The van der Waals surface area contributed by atoms with E-state index in [4.69, 9.17) is 13.9 Å². The van der Waals surface area contributed by atoms with Gasteiger partial charge in [0.05, 0.1) is 31.3 Å². The lowest BCUT2D eigenvalue weighted by molar-refractivity contribution is -0.159. The number of ether oxygens (including phenoxy) is 2. The number of aliphatic hydroxyl groups is 1. The Balaban J connectivity index is 3.15. The summed E-state index contributed by atoms with van der Waals surface area (Å²) in [6.45, 7) is 19.1. The number of hydrogen-bond acceptors (Lipinski definition) is 7. The number of carbonyl (C=O) groups excluding carboxylic acids is 3. The van der Waals surface area contributed by atoms with Gasteiger partial charge >= 0.3 is 5.97 Å². The lowest BCUT2D eigenvalue weighted by Gasteiger charge is -2.41. The quantitative estimate of drug-likeness (QED) is 0.0533. The Morgan fingerprint density at radius 2 is 1.57 bits per heavy atom. The van der Waals surface area contributed by atoms with Crippen molar-refractivity contribution in [2.45, 2.75) is 125 Å². The topological polar surface area (TPSA) is 102 Å². The van der Waals surface area contributed by atoms with E-state index in [1.807, 2.05) is 51.1 Å². The van der Waals surface area contributed by atoms with E-state index >= 15 is 0 Å². The van der Waals surface area contributed by atoms with E-state index in [-0.39, 0.29) is 41.5 Å². The van der Waals surface area contributed by atoms with Gasteiger partial charge in [-0.05, 0) is 36.0 Å². The first kappa shape index (κ1) is 41.7. The molecule has 1 aromatic carbocycles. The number of benzene rings is 1. The minimum atomic E-state index is -2.06. The number of nitrogens with zero attached hydrogens (tertiary/aromatic N) is 1. The van der Waals surface area contributed by atoms with Gasteiger partial charge in [0.15, 0.2) is 8.32 Å². The standard InChI is InChI=1S/C37H63NO7Si/c1-11-46(12-2,13-3)45-36(29(7)19-20-33(40)30(8)35(41)28(6)21-23-38(10)26-39)31(9)34(44-37(42)27(4)5)22-24-43-25-32-17-15-14-16-18-32/h14-18,21,23,26-31,34-36,41H,11-13,19-20,22,24-25H2,1-10H3/b23-21-/t28-,29+,30+,31-,34+,35-,36+/m1/s1. The second kappa shape index (κ2) is 21.5. The average Bonchev–Trinajstić information content (AvgIpc) is 3.07. The van der Waals surface area contributed by atoms with Gasteiger partial charge in [0, 0.05) is 43.8 Å². The summed E-state index contributed by atoms with van der Waals surface area (Å²) in [5, 5.41) is 10.9. The van der Waals surface area contributed by atoms with E-state index < -0.39 is 26.4 Å². The van der Waals surface area contributed by atoms with Gasteiger partial charge in [0.1, 0.15) is 11.9 Å². The third-order valence-corrected chi connectivity index (χ3v) is 14.2. The lowest BCUT2D eigenvalue weighted by Crippen LogP contribution is -2.48. The molecule has 0 saturated carbocycles. The maximum absolute atomic E-state index is 13.3. The molecule has 0 unspecified atom stereocenters. The third kappa shape index (κ3) is 13.8. The molecular formula is C37H63NO7Si. The molecule has 262 valence electrons. The van der Waals surface area contributed by atoms with Crippen LogP contribution in [0.25, 0.3) is 0 Å². The molecule has 0 spiro atoms. The van der Waals surface area contributed by atoms with Crippen LogP contribution in [0.5, 0.6) is 0 Å². The lowest BCUT2D eigenvalue weighted by atomic mass is 9.83. The molecule has 1 N–H and O–H groups in total. The zero-order chi connectivity index (χ0) is 34.9. The Morgan fingerprint density at radius 1 is 0.957 bits per heavy atom. The Kier molecular flexibility index (Phi) is 19.5. The summed E-state index contributed by atoms with van der Waals surface area (Å²) in [4.78, 5) is 38.4. The largest absolute Gasteiger partial charge is 0.462 e. The molecule has 1 aromatic rings. The van der Waals surface area contributed by atoms with Crippen molar-refractivity contribution >= 4 is 26.5 Å². The number of hydrogen-bond donors (Lipinski definition) is 1. The van der Waals surface area contributed by atoms with E-state index in [2.05, 4.69) is 34.6 Å². The molecule has 1 rings (SSSR count). The van der Waals surface area contributed by atoms with Crippen LogP contribution in [0.15, 0.2) is 42.6 Å². The molecule has 0 heterocycles. The Hall–Kier alpha value is -2.33. The average molecular weight is 662 g/mol. The first-order valence-electron chi connectivity index (χ1n) is 17.3. The van der Waals surface area contributed by atoms with E-state index in [9.17, 15) is 19.5 Å². The fourth-order valence-electron chi connectivity index (χ4n) is 5.75. The molecule has 0 bridgehead atoms. The van der Waals surface area contributed by atoms with Crippen molar-refractivity contribution in [3.8, 4) is 0 Å². The highest BCUT2D eigenvalue weighted by Crippen LogP contribution is 2.34. The van der Waals surface area contributed by atoms with Crippen LogP contribution in [0.4, 0.5) is 0 Å². The fraction of sp³-hybridized carbons (Fsp3) is 0.703. The number of aliphatic hydroxyl groups excluding tert-OH is 1. The van der Waals surface area contributed by atoms with Gasteiger partial charge in [-0.3, -0.25) is 14.4 Å². The number of rotatable bonds is 24. The summed E-state index contributed by atoms with van der Waals surface area (Å²) >= 11 is 0. The number of carbonyl (C=O) groups is 3. The maximum atomic E-state index is 13.3. The summed E-state index contributed by atoms with van der Waals surface area (Å²) < 4.78 is 19.3. The highest BCUT2D eigenvalue weighted by molar-refractivity contribution is 6.73. The molecule has 0 aromatic heterocycles. The summed E-state index contributed by atoms with van der Waals surface area (Å²) in [7, 11) is -0.439. The molecule has 8 nitrogen and oxygen atoms in total.